The zero-order chi connectivity index (χ0) is 24.1. The molecule has 1 fully saturated rings. The summed E-state index contributed by atoms with van der Waals surface area (Å²) >= 11 is 0. The summed E-state index contributed by atoms with van der Waals surface area (Å²) in [6.45, 7) is 5.14. The summed E-state index contributed by atoms with van der Waals surface area (Å²) in [5, 5.41) is 7.92. The Morgan fingerprint density at radius 3 is 2.21 bits per heavy atom. The predicted octanol–water partition coefficient (Wildman–Crippen LogP) is 3.57. The maximum Gasteiger partial charge on any atom is 0.321 e. The highest BCUT2D eigenvalue weighted by molar-refractivity contribution is 5.91. The van der Waals surface area contributed by atoms with E-state index in [1.54, 1.807) is 9.80 Å². The Kier molecular flexibility index (Phi) is 7.11. The molecule has 1 saturated heterocycles. The van der Waals surface area contributed by atoms with Crippen molar-refractivity contribution in [2.75, 3.05) is 31.5 Å². The molecule has 7 heteroatoms. The third-order valence-corrected chi connectivity index (χ3v) is 6.16. The molecule has 0 aliphatic carbocycles. The number of rotatable bonds is 5. The molecule has 4 rings (SSSR count). The van der Waals surface area contributed by atoms with E-state index < -0.39 is 6.04 Å². The molecule has 0 spiro atoms. The number of nitrogens with one attached hydrogen (secondary N) is 2. The first-order chi connectivity index (χ1) is 16.4. The van der Waals surface area contributed by atoms with Crippen LogP contribution in [0.5, 0.6) is 0 Å². The van der Waals surface area contributed by atoms with Gasteiger partial charge in [-0.3, -0.25) is 9.59 Å². The second-order valence-electron chi connectivity index (χ2n) is 8.70. The topological polar surface area (TPSA) is 81.8 Å². The molecule has 0 radical (unpaired) electrons. The average molecular weight is 459 g/mol. The lowest BCUT2D eigenvalue weighted by Crippen LogP contribution is -2.56. The van der Waals surface area contributed by atoms with Crippen LogP contribution in [0.3, 0.4) is 0 Å². The van der Waals surface area contributed by atoms with Crippen molar-refractivity contribution in [3.05, 3.63) is 77.9 Å². The molecule has 7 nitrogen and oxygen atoms in total. The van der Waals surface area contributed by atoms with Crippen molar-refractivity contribution >= 4 is 34.3 Å². The van der Waals surface area contributed by atoms with Crippen LogP contribution >= 0.6 is 0 Å². The van der Waals surface area contributed by atoms with Gasteiger partial charge in [0.1, 0.15) is 6.04 Å². The van der Waals surface area contributed by atoms with Gasteiger partial charge in [0.15, 0.2) is 0 Å². The molecule has 1 aliphatic heterocycles. The van der Waals surface area contributed by atoms with Crippen LogP contribution in [-0.4, -0.2) is 59.9 Å². The fraction of sp³-hybridized carbons (Fsp3) is 0.296. The number of hydrogen-bond acceptors (Lipinski definition) is 3. The summed E-state index contributed by atoms with van der Waals surface area (Å²) in [6, 6.07) is 20.8. The van der Waals surface area contributed by atoms with Gasteiger partial charge in [0.05, 0.1) is 0 Å². The summed E-state index contributed by atoms with van der Waals surface area (Å²) in [6.07, 6.45) is 0.411. The Morgan fingerprint density at radius 2 is 1.50 bits per heavy atom. The first-order valence-electron chi connectivity index (χ1n) is 11.6. The van der Waals surface area contributed by atoms with E-state index in [0.717, 1.165) is 27.6 Å². The molecule has 176 valence electrons. The van der Waals surface area contributed by atoms with Crippen molar-refractivity contribution in [2.24, 2.45) is 0 Å². The molecule has 0 bridgehead atoms. The van der Waals surface area contributed by atoms with E-state index >= 15 is 0 Å². The number of carbonyl (C=O) groups excluding carboxylic acids is 3. The van der Waals surface area contributed by atoms with Crippen LogP contribution in [0.4, 0.5) is 10.5 Å². The molecule has 0 aromatic heterocycles. The molecule has 34 heavy (non-hydrogen) atoms. The molecule has 3 aromatic carbocycles. The van der Waals surface area contributed by atoms with Gasteiger partial charge in [-0.2, -0.15) is 0 Å². The number of nitrogens with zero attached hydrogens (tertiary/aromatic N) is 2. The molecule has 1 aliphatic rings. The molecule has 0 saturated carbocycles. The van der Waals surface area contributed by atoms with Crippen LogP contribution in [-0.2, 0) is 16.0 Å². The van der Waals surface area contributed by atoms with Gasteiger partial charge >= 0.3 is 6.03 Å². The maximum absolute atomic E-state index is 13.4. The van der Waals surface area contributed by atoms with Gasteiger partial charge in [0, 0.05) is 45.2 Å². The minimum Gasteiger partial charge on any atom is -0.344 e. The summed E-state index contributed by atoms with van der Waals surface area (Å²) in [5.74, 6) is -0.364. The SMILES string of the molecule is CC(=O)NC(Cc1cccc2ccccc12)C(=O)N1CCN(C(=O)Nc2ccc(C)cc2)CC1. The number of fused-ring (bicyclic) bond motifs is 1. The van der Waals surface area contributed by atoms with Gasteiger partial charge in [-0.1, -0.05) is 60.2 Å². The molecular formula is C27H30N4O3. The van der Waals surface area contributed by atoms with Crippen LogP contribution in [0.2, 0.25) is 0 Å². The van der Waals surface area contributed by atoms with Crippen LogP contribution in [0.25, 0.3) is 10.8 Å². The standard InChI is InChI=1S/C27H30N4O3/c1-19-10-12-23(13-11-19)29-27(34)31-16-14-30(15-17-31)26(33)25(28-20(2)32)18-22-8-5-7-21-6-3-4-9-24(21)22/h3-13,25H,14-18H2,1-2H3,(H,28,32)(H,29,34). The van der Waals surface area contributed by atoms with Gasteiger partial charge in [-0.15, -0.1) is 0 Å². The van der Waals surface area contributed by atoms with Crippen LogP contribution in [0.15, 0.2) is 66.7 Å². The van der Waals surface area contributed by atoms with Crippen molar-refractivity contribution in [1.82, 2.24) is 15.1 Å². The zero-order valence-electron chi connectivity index (χ0n) is 19.6. The number of aryl methyl sites for hydroxylation is 1. The largest absolute Gasteiger partial charge is 0.344 e. The minimum absolute atomic E-state index is 0.123. The fourth-order valence-corrected chi connectivity index (χ4v) is 4.33. The Morgan fingerprint density at radius 1 is 0.853 bits per heavy atom. The van der Waals surface area contributed by atoms with Gasteiger partial charge in [0.25, 0.3) is 0 Å². The maximum atomic E-state index is 13.4. The van der Waals surface area contributed by atoms with Gasteiger partial charge in [-0.25, -0.2) is 4.79 Å². The number of carbonyl (C=O) groups is 3. The number of urea groups is 1. The van der Waals surface area contributed by atoms with E-state index in [4.69, 9.17) is 0 Å². The number of piperazine rings is 1. The van der Waals surface area contributed by atoms with Crippen molar-refractivity contribution in [1.29, 1.82) is 0 Å². The molecule has 3 aromatic rings. The predicted molar refractivity (Wildman–Crippen MR) is 134 cm³/mol. The fourth-order valence-electron chi connectivity index (χ4n) is 4.33. The van der Waals surface area contributed by atoms with E-state index in [0.29, 0.717) is 32.6 Å². The molecule has 2 N–H and O–H groups in total. The van der Waals surface area contributed by atoms with Crippen LogP contribution in [0.1, 0.15) is 18.1 Å². The first-order valence-corrected chi connectivity index (χ1v) is 11.6. The highest BCUT2D eigenvalue weighted by atomic mass is 16.2. The second-order valence-corrected chi connectivity index (χ2v) is 8.70. The lowest BCUT2D eigenvalue weighted by Gasteiger charge is -2.36. The van der Waals surface area contributed by atoms with Crippen molar-refractivity contribution in [3.8, 4) is 0 Å². The monoisotopic (exact) mass is 458 g/mol. The highest BCUT2D eigenvalue weighted by Crippen LogP contribution is 2.21. The second kappa shape index (κ2) is 10.4. The Balaban J connectivity index is 1.40. The summed E-state index contributed by atoms with van der Waals surface area (Å²) in [5.41, 5.74) is 2.89. The average Bonchev–Trinajstić information content (AvgIpc) is 2.84. The summed E-state index contributed by atoms with van der Waals surface area (Å²) < 4.78 is 0. The molecule has 4 amide bonds. The third kappa shape index (κ3) is 5.54. The van der Waals surface area contributed by atoms with E-state index in [1.165, 1.54) is 6.92 Å². The lowest BCUT2D eigenvalue weighted by molar-refractivity contribution is -0.137. The zero-order valence-corrected chi connectivity index (χ0v) is 19.6. The Labute approximate surface area is 199 Å². The number of benzene rings is 3. The van der Waals surface area contributed by atoms with Crippen LogP contribution in [0, 0.1) is 6.92 Å². The third-order valence-electron chi connectivity index (χ3n) is 6.16. The van der Waals surface area contributed by atoms with Crippen molar-refractivity contribution < 1.29 is 14.4 Å². The van der Waals surface area contributed by atoms with E-state index in [2.05, 4.69) is 10.6 Å². The summed E-state index contributed by atoms with van der Waals surface area (Å²) in [4.78, 5) is 41.3. The normalized spacial score (nSPS) is 14.5. The van der Waals surface area contributed by atoms with Crippen LogP contribution < -0.4 is 10.6 Å². The Bertz CT molecular complexity index is 1180. The minimum atomic E-state index is -0.656. The Hall–Kier alpha value is -3.87. The molecule has 1 atom stereocenters. The number of anilines is 1. The first kappa shape index (κ1) is 23.3. The smallest absolute Gasteiger partial charge is 0.321 e. The highest BCUT2D eigenvalue weighted by Gasteiger charge is 2.30. The van der Waals surface area contributed by atoms with E-state index in [-0.39, 0.29) is 17.8 Å². The molecule has 1 unspecified atom stereocenters. The molecular weight excluding hydrogens is 428 g/mol. The van der Waals surface area contributed by atoms with Crippen molar-refractivity contribution in [3.63, 3.8) is 0 Å². The number of amides is 4. The lowest BCUT2D eigenvalue weighted by atomic mass is 9.98. The number of hydrogen-bond donors (Lipinski definition) is 2. The van der Waals surface area contributed by atoms with Gasteiger partial charge < -0.3 is 20.4 Å². The van der Waals surface area contributed by atoms with Gasteiger partial charge in [0.2, 0.25) is 11.8 Å². The van der Waals surface area contributed by atoms with E-state index in [9.17, 15) is 14.4 Å². The molecule has 1 heterocycles. The quantitative estimate of drug-likeness (QED) is 0.613. The summed E-state index contributed by atoms with van der Waals surface area (Å²) in [7, 11) is 0. The van der Waals surface area contributed by atoms with E-state index in [1.807, 2.05) is 73.7 Å². The van der Waals surface area contributed by atoms with Crippen molar-refractivity contribution in [2.45, 2.75) is 26.3 Å². The van der Waals surface area contributed by atoms with Gasteiger partial charge in [-0.05, 0) is 35.4 Å².